The van der Waals surface area contributed by atoms with E-state index in [0.717, 1.165) is 11.1 Å². The molecule has 1 aliphatic heterocycles. The summed E-state index contributed by atoms with van der Waals surface area (Å²) >= 11 is 5.87. The summed E-state index contributed by atoms with van der Waals surface area (Å²) in [6.07, 6.45) is 3.36. The van der Waals surface area contributed by atoms with Crippen LogP contribution in [0.5, 0.6) is 0 Å². The highest BCUT2D eigenvalue weighted by molar-refractivity contribution is 6.30. The average molecular weight is 397 g/mol. The minimum Gasteiger partial charge on any atom is -0.338 e. The van der Waals surface area contributed by atoms with Crippen LogP contribution < -0.4 is 0 Å². The van der Waals surface area contributed by atoms with E-state index in [0.29, 0.717) is 31.2 Å². The van der Waals surface area contributed by atoms with Crippen LogP contribution in [0.1, 0.15) is 25.0 Å². The summed E-state index contributed by atoms with van der Waals surface area (Å²) < 4.78 is 0. The standard InChI is InChI=1S/C23H25ClN2O2/c1-23(2,19-6-4-3-5-7-19)22(28)26-16-14-25(15-17-26)21(27)13-10-18-8-11-20(24)12-9-18/h3-13H,14-17H2,1-2H3/b13-10+. The summed E-state index contributed by atoms with van der Waals surface area (Å²) in [5.74, 6) is 0.0619. The van der Waals surface area contributed by atoms with Crippen LogP contribution in [-0.4, -0.2) is 47.8 Å². The van der Waals surface area contributed by atoms with Gasteiger partial charge in [-0.25, -0.2) is 0 Å². The summed E-state index contributed by atoms with van der Waals surface area (Å²) in [5, 5.41) is 0.669. The molecule has 1 fully saturated rings. The first kappa shape index (κ1) is 20.2. The predicted octanol–water partition coefficient (Wildman–Crippen LogP) is 4.00. The van der Waals surface area contributed by atoms with Gasteiger partial charge in [-0.05, 0) is 43.2 Å². The fraction of sp³-hybridized carbons (Fsp3) is 0.304. The molecule has 5 heteroatoms. The molecule has 0 N–H and O–H groups in total. The van der Waals surface area contributed by atoms with Crippen molar-refractivity contribution in [3.8, 4) is 0 Å². The van der Waals surface area contributed by atoms with Gasteiger partial charge < -0.3 is 9.80 Å². The zero-order valence-corrected chi connectivity index (χ0v) is 17.0. The molecule has 1 saturated heterocycles. The van der Waals surface area contributed by atoms with E-state index in [1.807, 2.05) is 61.2 Å². The summed E-state index contributed by atoms with van der Waals surface area (Å²) in [4.78, 5) is 29.1. The van der Waals surface area contributed by atoms with Gasteiger partial charge in [-0.3, -0.25) is 9.59 Å². The predicted molar refractivity (Wildman–Crippen MR) is 113 cm³/mol. The third-order valence-corrected chi connectivity index (χ3v) is 5.45. The zero-order chi connectivity index (χ0) is 20.1. The molecule has 0 aromatic heterocycles. The second-order valence-corrected chi connectivity index (χ2v) is 7.93. The lowest BCUT2D eigenvalue weighted by molar-refractivity contribution is -0.141. The smallest absolute Gasteiger partial charge is 0.246 e. The van der Waals surface area contributed by atoms with E-state index in [9.17, 15) is 9.59 Å². The Hall–Kier alpha value is -2.59. The lowest BCUT2D eigenvalue weighted by Crippen LogP contribution is -2.54. The molecule has 0 radical (unpaired) electrons. The van der Waals surface area contributed by atoms with Gasteiger partial charge in [0.05, 0.1) is 5.41 Å². The number of nitrogens with zero attached hydrogens (tertiary/aromatic N) is 2. The van der Waals surface area contributed by atoms with Crippen molar-refractivity contribution in [3.63, 3.8) is 0 Å². The van der Waals surface area contributed by atoms with Crippen LogP contribution in [-0.2, 0) is 15.0 Å². The van der Waals surface area contributed by atoms with Crippen molar-refractivity contribution >= 4 is 29.5 Å². The SMILES string of the molecule is CC(C)(C(=O)N1CCN(C(=O)/C=C/c2ccc(Cl)cc2)CC1)c1ccccc1. The average Bonchev–Trinajstić information content (AvgIpc) is 2.73. The van der Waals surface area contributed by atoms with Crippen LogP contribution in [0.2, 0.25) is 5.02 Å². The molecule has 2 amide bonds. The van der Waals surface area contributed by atoms with E-state index in [1.165, 1.54) is 0 Å². The number of benzene rings is 2. The highest BCUT2D eigenvalue weighted by atomic mass is 35.5. The van der Waals surface area contributed by atoms with Crippen molar-refractivity contribution in [2.45, 2.75) is 19.3 Å². The number of hydrogen-bond acceptors (Lipinski definition) is 2. The maximum atomic E-state index is 13.0. The van der Waals surface area contributed by atoms with Crippen LogP contribution in [0, 0.1) is 0 Å². The molecule has 0 atom stereocenters. The molecule has 146 valence electrons. The Kier molecular flexibility index (Phi) is 6.20. The highest BCUT2D eigenvalue weighted by Crippen LogP contribution is 2.26. The molecule has 2 aromatic carbocycles. The lowest BCUT2D eigenvalue weighted by Gasteiger charge is -2.38. The molecule has 3 rings (SSSR count). The summed E-state index contributed by atoms with van der Waals surface area (Å²) in [6, 6.07) is 17.2. The van der Waals surface area contributed by atoms with E-state index in [-0.39, 0.29) is 11.8 Å². The number of rotatable bonds is 4. The maximum Gasteiger partial charge on any atom is 0.246 e. The quantitative estimate of drug-likeness (QED) is 0.733. The molecule has 1 heterocycles. The van der Waals surface area contributed by atoms with Gasteiger partial charge in [0, 0.05) is 37.3 Å². The van der Waals surface area contributed by atoms with Crippen LogP contribution in [0.3, 0.4) is 0 Å². The van der Waals surface area contributed by atoms with Crippen LogP contribution in [0.25, 0.3) is 6.08 Å². The first-order valence-electron chi connectivity index (χ1n) is 9.45. The molecule has 0 aliphatic carbocycles. The summed E-state index contributed by atoms with van der Waals surface area (Å²) in [7, 11) is 0. The highest BCUT2D eigenvalue weighted by Gasteiger charge is 2.35. The molecule has 1 aliphatic rings. The largest absolute Gasteiger partial charge is 0.338 e. The fourth-order valence-corrected chi connectivity index (χ4v) is 3.48. The number of halogens is 1. The molecular weight excluding hydrogens is 372 g/mol. The van der Waals surface area contributed by atoms with Gasteiger partial charge in [-0.15, -0.1) is 0 Å². The van der Waals surface area contributed by atoms with E-state index in [1.54, 1.807) is 29.2 Å². The van der Waals surface area contributed by atoms with Crippen LogP contribution in [0.4, 0.5) is 0 Å². The molecule has 0 saturated carbocycles. The number of amides is 2. The first-order valence-corrected chi connectivity index (χ1v) is 9.83. The van der Waals surface area contributed by atoms with Crippen LogP contribution >= 0.6 is 11.6 Å². The van der Waals surface area contributed by atoms with Crippen molar-refractivity contribution in [1.82, 2.24) is 9.80 Å². The minimum absolute atomic E-state index is 0.0376. The molecule has 0 unspecified atom stereocenters. The normalized spacial score (nSPS) is 15.1. The Labute approximate surface area is 171 Å². The first-order chi connectivity index (χ1) is 13.4. The molecular formula is C23H25ClN2O2. The van der Waals surface area contributed by atoms with E-state index < -0.39 is 5.41 Å². The monoisotopic (exact) mass is 396 g/mol. The summed E-state index contributed by atoms with van der Waals surface area (Å²) in [5.41, 5.74) is 1.35. The Morgan fingerprint density at radius 1 is 0.893 bits per heavy atom. The van der Waals surface area contributed by atoms with Crippen molar-refractivity contribution < 1.29 is 9.59 Å². The topological polar surface area (TPSA) is 40.6 Å². The third kappa shape index (κ3) is 4.63. The van der Waals surface area contributed by atoms with Crippen molar-refractivity contribution in [1.29, 1.82) is 0 Å². The number of carbonyl (C=O) groups is 2. The maximum absolute atomic E-state index is 13.0. The van der Waals surface area contributed by atoms with Gasteiger partial charge in [0.15, 0.2) is 0 Å². The number of carbonyl (C=O) groups excluding carboxylic acids is 2. The zero-order valence-electron chi connectivity index (χ0n) is 16.3. The van der Waals surface area contributed by atoms with Gasteiger partial charge in [0.1, 0.15) is 0 Å². The van der Waals surface area contributed by atoms with E-state index in [2.05, 4.69) is 0 Å². The van der Waals surface area contributed by atoms with E-state index in [4.69, 9.17) is 11.6 Å². The minimum atomic E-state index is -0.581. The Bertz CT molecular complexity index is 852. The van der Waals surface area contributed by atoms with Crippen molar-refractivity contribution in [3.05, 3.63) is 76.8 Å². The van der Waals surface area contributed by atoms with Crippen molar-refractivity contribution in [2.24, 2.45) is 0 Å². The lowest BCUT2D eigenvalue weighted by atomic mass is 9.83. The fourth-order valence-electron chi connectivity index (χ4n) is 3.35. The summed E-state index contributed by atoms with van der Waals surface area (Å²) in [6.45, 7) is 6.10. The second kappa shape index (κ2) is 8.61. The Morgan fingerprint density at radius 3 is 2.07 bits per heavy atom. The van der Waals surface area contributed by atoms with Gasteiger partial charge in [0.2, 0.25) is 11.8 Å². The molecule has 2 aromatic rings. The number of piperazine rings is 1. The number of hydrogen-bond donors (Lipinski definition) is 0. The Balaban J connectivity index is 1.57. The molecule has 4 nitrogen and oxygen atoms in total. The third-order valence-electron chi connectivity index (χ3n) is 5.20. The molecule has 0 spiro atoms. The Morgan fingerprint density at radius 2 is 1.46 bits per heavy atom. The van der Waals surface area contributed by atoms with Gasteiger partial charge in [0.25, 0.3) is 0 Å². The molecule has 28 heavy (non-hydrogen) atoms. The second-order valence-electron chi connectivity index (χ2n) is 7.49. The van der Waals surface area contributed by atoms with Gasteiger partial charge >= 0.3 is 0 Å². The van der Waals surface area contributed by atoms with Crippen molar-refractivity contribution in [2.75, 3.05) is 26.2 Å². The van der Waals surface area contributed by atoms with Crippen LogP contribution in [0.15, 0.2) is 60.7 Å². The van der Waals surface area contributed by atoms with E-state index >= 15 is 0 Å². The molecule has 0 bridgehead atoms. The van der Waals surface area contributed by atoms with Gasteiger partial charge in [-0.2, -0.15) is 0 Å². The van der Waals surface area contributed by atoms with Gasteiger partial charge in [-0.1, -0.05) is 54.1 Å².